The SMILES string of the molecule is Cc1cc(OCCCc2c3n(c4c(-c5c(C)nn(C)c5C)c(Cl)ccc24)[C@H](C)CN(c2cn(C)c4ccc(-c5ncn(C)n5)cc24)C3=O)cc(C)c1Cl. The summed E-state index contributed by atoms with van der Waals surface area (Å²) in [6, 6.07) is 14.1. The van der Waals surface area contributed by atoms with Gasteiger partial charge in [0.05, 0.1) is 28.5 Å². The molecule has 0 spiro atoms. The van der Waals surface area contributed by atoms with Gasteiger partial charge in [-0.3, -0.25) is 14.2 Å². The van der Waals surface area contributed by atoms with Gasteiger partial charge in [0.1, 0.15) is 17.8 Å². The van der Waals surface area contributed by atoms with Gasteiger partial charge in [-0.2, -0.15) is 10.2 Å². The van der Waals surface area contributed by atoms with Crippen LogP contribution in [0.3, 0.4) is 0 Å². The van der Waals surface area contributed by atoms with Crippen molar-refractivity contribution in [2.45, 2.75) is 53.5 Å². The molecule has 8 rings (SSSR count). The van der Waals surface area contributed by atoms with E-state index in [0.717, 1.165) is 83.0 Å². The zero-order valence-electron chi connectivity index (χ0n) is 31.3. The number of aromatic nitrogens is 7. The van der Waals surface area contributed by atoms with E-state index >= 15 is 4.79 Å². The maximum absolute atomic E-state index is 15.2. The van der Waals surface area contributed by atoms with Gasteiger partial charge in [-0.1, -0.05) is 29.3 Å². The molecule has 0 radical (unpaired) electrons. The minimum Gasteiger partial charge on any atom is -0.494 e. The van der Waals surface area contributed by atoms with E-state index in [0.29, 0.717) is 42.5 Å². The van der Waals surface area contributed by atoms with Crippen LogP contribution < -0.4 is 9.64 Å². The summed E-state index contributed by atoms with van der Waals surface area (Å²) in [6.45, 7) is 11.2. The fourth-order valence-corrected chi connectivity index (χ4v) is 8.49. The number of hydrogen-bond acceptors (Lipinski definition) is 5. The summed E-state index contributed by atoms with van der Waals surface area (Å²) in [7, 11) is 5.82. The van der Waals surface area contributed by atoms with Crippen molar-refractivity contribution < 1.29 is 9.53 Å². The second-order valence-corrected chi connectivity index (χ2v) is 15.2. The second-order valence-electron chi connectivity index (χ2n) is 14.4. The number of carbonyl (C=O) groups excluding carboxylic acids is 1. The van der Waals surface area contributed by atoms with Crippen LogP contribution in [0.2, 0.25) is 10.0 Å². The zero-order valence-corrected chi connectivity index (χ0v) is 32.8. The summed E-state index contributed by atoms with van der Waals surface area (Å²) in [5, 5.41) is 12.7. The number of fused-ring (bicyclic) bond motifs is 4. The number of anilines is 1. The summed E-state index contributed by atoms with van der Waals surface area (Å²) in [4.78, 5) is 21.6. The Balaban J connectivity index is 1.26. The number of nitrogens with zero attached hydrogens (tertiary/aromatic N) is 8. The largest absolute Gasteiger partial charge is 0.494 e. The first-order valence-electron chi connectivity index (χ1n) is 17.9. The first-order valence-corrected chi connectivity index (χ1v) is 18.6. The maximum atomic E-state index is 15.2. The molecule has 0 unspecified atom stereocenters. The second kappa shape index (κ2) is 13.1. The Bertz CT molecular complexity index is 2580. The third-order valence-corrected chi connectivity index (χ3v) is 11.6. The van der Waals surface area contributed by atoms with Crippen molar-refractivity contribution in [2.75, 3.05) is 18.1 Å². The number of ether oxygens (including phenoxy) is 1. The molecule has 4 aromatic heterocycles. The van der Waals surface area contributed by atoms with Crippen LogP contribution in [0.4, 0.5) is 5.69 Å². The minimum atomic E-state index is -0.0689. The van der Waals surface area contributed by atoms with Crippen molar-refractivity contribution in [2.24, 2.45) is 21.1 Å². The van der Waals surface area contributed by atoms with Crippen LogP contribution in [0.15, 0.2) is 55.0 Å². The highest BCUT2D eigenvalue weighted by molar-refractivity contribution is 6.35. The summed E-state index contributed by atoms with van der Waals surface area (Å²) in [5.41, 5.74) is 11.2. The minimum absolute atomic E-state index is 0.0465. The van der Waals surface area contributed by atoms with Gasteiger partial charge >= 0.3 is 0 Å². The number of aryl methyl sites for hydroxylation is 7. The van der Waals surface area contributed by atoms with Gasteiger partial charge in [0.2, 0.25) is 0 Å². The first-order chi connectivity index (χ1) is 25.3. The quantitative estimate of drug-likeness (QED) is 0.145. The molecular weight excluding hydrogens is 707 g/mol. The van der Waals surface area contributed by atoms with E-state index in [4.69, 9.17) is 33.0 Å². The van der Waals surface area contributed by atoms with Crippen molar-refractivity contribution in [1.82, 2.24) is 33.7 Å². The predicted molar refractivity (Wildman–Crippen MR) is 213 cm³/mol. The number of hydrogen-bond donors (Lipinski definition) is 0. The van der Waals surface area contributed by atoms with Crippen molar-refractivity contribution in [3.8, 4) is 28.3 Å². The van der Waals surface area contributed by atoms with Crippen LogP contribution in [0.25, 0.3) is 44.3 Å². The Kier molecular flexibility index (Phi) is 8.65. The van der Waals surface area contributed by atoms with E-state index < -0.39 is 0 Å². The fourth-order valence-electron chi connectivity index (χ4n) is 8.13. The molecule has 1 aliphatic rings. The van der Waals surface area contributed by atoms with Crippen LogP contribution in [-0.4, -0.2) is 52.7 Å². The van der Waals surface area contributed by atoms with Gasteiger partial charge in [-0.15, -0.1) is 0 Å². The molecule has 3 aromatic carbocycles. The van der Waals surface area contributed by atoms with Crippen LogP contribution in [0.5, 0.6) is 5.75 Å². The Morgan fingerprint density at radius 3 is 2.36 bits per heavy atom. The lowest BCUT2D eigenvalue weighted by Crippen LogP contribution is -2.42. The molecule has 7 aromatic rings. The van der Waals surface area contributed by atoms with Crippen LogP contribution in [0, 0.1) is 27.7 Å². The lowest BCUT2D eigenvalue weighted by Gasteiger charge is -2.34. The van der Waals surface area contributed by atoms with Crippen molar-refractivity contribution in [1.29, 1.82) is 0 Å². The van der Waals surface area contributed by atoms with E-state index in [9.17, 15) is 0 Å². The number of halogens is 2. The topological polar surface area (TPSA) is 87.9 Å². The third kappa shape index (κ3) is 5.70. The Hall–Kier alpha value is -5.06. The molecule has 0 N–H and O–H groups in total. The van der Waals surface area contributed by atoms with E-state index in [1.807, 2.05) is 75.8 Å². The summed E-state index contributed by atoms with van der Waals surface area (Å²) in [5.74, 6) is 1.38. The Morgan fingerprint density at radius 1 is 0.925 bits per heavy atom. The van der Waals surface area contributed by atoms with E-state index in [1.165, 1.54) is 0 Å². The number of amides is 1. The molecule has 1 amide bonds. The molecule has 12 heteroatoms. The molecule has 272 valence electrons. The van der Waals surface area contributed by atoms with Gasteiger partial charge in [0.25, 0.3) is 5.91 Å². The van der Waals surface area contributed by atoms with Gasteiger partial charge in [-0.25, -0.2) is 4.98 Å². The van der Waals surface area contributed by atoms with Crippen LogP contribution >= 0.6 is 23.2 Å². The summed E-state index contributed by atoms with van der Waals surface area (Å²) in [6.07, 6.45) is 5.08. The fraction of sp³-hybridized carbons (Fsp3) is 0.317. The highest BCUT2D eigenvalue weighted by Gasteiger charge is 2.37. The van der Waals surface area contributed by atoms with Crippen molar-refractivity contribution in [3.05, 3.63) is 98.8 Å². The molecule has 0 saturated heterocycles. The standard InChI is InChI=1S/C41H42Cl2N8O2/c1-22-16-28(17-23(2)37(22)43)53-15-9-10-29-30-12-13-32(42)36(35-25(4)45-49(8)26(35)5)38(30)51-24(3)19-50(41(52)39(29)51)34-20-47(6)33-14-11-27(18-31(33)34)40-44-21-48(7)46-40/h11-14,16-18,20-21,24H,9-10,15,19H2,1-8H3/t24-/m1/s1. The van der Waals surface area contributed by atoms with E-state index in [-0.39, 0.29) is 11.9 Å². The maximum Gasteiger partial charge on any atom is 0.275 e. The summed E-state index contributed by atoms with van der Waals surface area (Å²) >= 11 is 13.6. The first kappa shape index (κ1) is 35.0. The smallest absolute Gasteiger partial charge is 0.275 e. The van der Waals surface area contributed by atoms with E-state index in [2.05, 4.69) is 57.5 Å². The van der Waals surface area contributed by atoms with Gasteiger partial charge in [0, 0.05) is 83.6 Å². The Morgan fingerprint density at radius 2 is 1.68 bits per heavy atom. The van der Waals surface area contributed by atoms with Crippen LogP contribution in [-0.2, 0) is 27.6 Å². The van der Waals surface area contributed by atoms with E-state index in [1.54, 1.807) is 11.0 Å². The zero-order chi connectivity index (χ0) is 37.5. The molecule has 10 nitrogen and oxygen atoms in total. The molecule has 1 atom stereocenters. The lowest BCUT2D eigenvalue weighted by molar-refractivity contribution is 0.0957. The molecule has 0 saturated carbocycles. The summed E-state index contributed by atoms with van der Waals surface area (Å²) < 4.78 is 14.2. The van der Waals surface area contributed by atoms with Crippen LogP contribution in [0.1, 0.15) is 58.0 Å². The third-order valence-electron chi connectivity index (χ3n) is 10.7. The molecule has 0 bridgehead atoms. The van der Waals surface area contributed by atoms with Gasteiger partial charge in [-0.05, 0) is 101 Å². The monoisotopic (exact) mass is 748 g/mol. The average molecular weight is 750 g/mol. The van der Waals surface area contributed by atoms with Crippen molar-refractivity contribution in [3.63, 3.8) is 0 Å². The van der Waals surface area contributed by atoms with Crippen molar-refractivity contribution >= 4 is 56.6 Å². The molecule has 53 heavy (non-hydrogen) atoms. The number of rotatable bonds is 8. The lowest BCUT2D eigenvalue weighted by atomic mass is 9.98. The molecule has 1 aliphatic heterocycles. The number of benzene rings is 3. The Labute approximate surface area is 318 Å². The predicted octanol–water partition coefficient (Wildman–Crippen LogP) is 9.10. The average Bonchev–Trinajstić information content (AvgIpc) is 3.86. The normalized spacial score (nSPS) is 14.6. The highest BCUT2D eigenvalue weighted by atomic mass is 35.5. The molecular formula is C41H42Cl2N8O2. The molecule has 5 heterocycles. The van der Waals surface area contributed by atoms with Gasteiger partial charge < -0.3 is 18.8 Å². The molecule has 0 aliphatic carbocycles. The molecule has 0 fully saturated rings. The number of carbonyl (C=O) groups is 1. The highest BCUT2D eigenvalue weighted by Crippen LogP contribution is 2.46. The van der Waals surface area contributed by atoms with Gasteiger partial charge in [0.15, 0.2) is 5.82 Å².